The largest absolute Gasteiger partial charge is 0.399 e. The van der Waals surface area contributed by atoms with Crippen LogP contribution in [-0.4, -0.2) is 120 Å². The van der Waals surface area contributed by atoms with Crippen LogP contribution in [0.25, 0.3) is 0 Å². The van der Waals surface area contributed by atoms with Gasteiger partial charge in [0.15, 0.2) is 11.6 Å². The molecule has 2 aliphatic carbocycles. The Hall–Kier alpha value is -6.46. The number of rotatable bonds is 26. The van der Waals surface area contributed by atoms with Gasteiger partial charge < -0.3 is 47.4 Å². The Morgan fingerprint density at radius 2 is 0.961 bits per heavy atom. The average molecular weight is 1060 g/mol. The smallest absolute Gasteiger partial charge is 0.245 e. The Balaban J connectivity index is 0.876. The van der Waals surface area contributed by atoms with Crippen molar-refractivity contribution in [3.63, 3.8) is 0 Å². The summed E-state index contributed by atoms with van der Waals surface area (Å²) in [6, 6.07) is 16.8. The van der Waals surface area contributed by atoms with Crippen LogP contribution in [0.5, 0.6) is 0 Å². The van der Waals surface area contributed by atoms with Gasteiger partial charge in [0.1, 0.15) is 24.2 Å². The number of hydrogen-bond acceptors (Lipinski definition) is 11. The number of likely N-dealkylation sites (tertiary alicyclic amines) is 2. The molecule has 0 aromatic heterocycles. The van der Waals surface area contributed by atoms with E-state index in [-0.39, 0.29) is 71.9 Å². The van der Waals surface area contributed by atoms with Gasteiger partial charge in [-0.1, -0.05) is 74.2 Å². The minimum atomic E-state index is -0.842. The molecule has 0 spiro atoms. The first-order chi connectivity index (χ1) is 37.2. The zero-order chi connectivity index (χ0) is 55.0. The standard InChI is InChI=1S/C60H83N9O8/c1-38(62-3)55(72)66-49(59(76)68-33-17-29-51(68)57(74)64-47-27-15-21-40-19-11-13-23-45(40)47)25-7-5-9-31-53(70)42-35-43(37-44(61)36-42)54(71)32-10-6-8-26-50(67-56(73)39(2)63-4)60(77)69-34-18-30-52(69)58(75)65-48-28-16-22-41-20-12-14-24-46(41)48/h11-14,19-20,23-24,35-39,47-52,62-63H,5-10,15-18,21-22,25-34,61H2,1-4H3,(H,64,74)(H,65,75)(H,66,72)(H,67,73)/t38-,39-,47+,48+,49-,50-,51-,52-/m0/s1. The Kier molecular flexibility index (Phi) is 21.4. The highest BCUT2D eigenvalue weighted by atomic mass is 16.2. The minimum absolute atomic E-state index is 0.112. The quantitative estimate of drug-likeness (QED) is 0.0276. The van der Waals surface area contributed by atoms with Crippen molar-refractivity contribution in [2.45, 2.75) is 191 Å². The maximum absolute atomic E-state index is 14.2. The Morgan fingerprint density at radius 1 is 0.545 bits per heavy atom. The fourth-order valence-electron chi connectivity index (χ4n) is 11.6. The number of ketones is 2. The molecule has 3 aromatic rings. The van der Waals surface area contributed by atoms with Crippen LogP contribution < -0.4 is 37.6 Å². The highest BCUT2D eigenvalue weighted by Crippen LogP contribution is 2.32. The number of anilines is 1. The number of fused-ring (bicyclic) bond motifs is 2. The zero-order valence-electron chi connectivity index (χ0n) is 45.8. The maximum Gasteiger partial charge on any atom is 0.245 e. The van der Waals surface area contributed by atoms with Gasteiger partial charge in [-0.3, -0.25) is 38.4 Å². The predicted molar refractivity (Wildman–Crippen MR) is 297 cm³/mol. The molecule has 2 aliphatic heterocycles. The molecule has 6 amide bonds. The number of likely N-dealkylation sites (N-methyl/N-ethyl adjacent to an activating group) is 2. The topological polar surface area (TPSA) is 241 Å². The number of unbranched alkanes of at least 4 members (excludes halogenated alkanes) is 4. The second-order valence-electron chi connectivity index (χ2n) is 21.7. The highest BCUT2D eigenvalue weighted by Gasteiger charge is 2.41. The van der Waals surface area contributed by atoms with E-state index < -0.39 is 36.3 Å². The first-order valence-corrected chi connectivity index (χ1v) is 28.5. The first kappa shape index (κ1) is 58.2. The van der Waals surface area contributed by atoms with Crippen LogP contribution >= 0.6 is 0 Å². The molecule has 2 fully saturated rings. The summed E-state index contributed by atoms with van der Waals surface area (Å²) in [6.45, 7) is 4.28. The fraction of sp³-hybridized carbons (Fsp3) is 0.567. The van der Waals surface area contributed by atoms with Crippen LogP contribution in [0.2, 0.25) is 0 Å². The number of Topliss-reactive ketones (excluding diaryl/α,β-unsaturated/α-hetero) is 2. The van der Waals surface area contributed by atoms with Gasteiger partial charge in [-0.2, -0.15) is 0 Å². The summed E-state index contributed by atoms with van der Waals surface area (Å²) in [4.78, 5) is 113. The normalized spacial score (nSPS) is 20.4. The van der Waals surface area contributed by atoms with Crippen LogP contribution in [0.1, 0.15) is 184 Å². The van der Waals surface area contributed by atoms with Crippen LogP contribution in [0.15, 0.2) is 66.7 Å². The Bertz CT molecular complexity index is 2420. The van der Waals surface area contributed by atoms with Gasteiger partial charge in [0.2, 0.25) is 35.4 Å². The lowest BCUT2D eigenvalue weighted by Crippen LogP contribution is -2.55. The highest BCUT2D eigenvalue weighted by molar-refractivity contribution is 6.02. The van der Waals surface area contributed by atoms with E-state index in [1.54, 1.807) is 55.9 Å². The molecular weight excluding hydrogens is 975 g/mol. The van der Waals surface area contributed by atoms with Gasteiger partial charge in [0.25, 0.3) is 0 Å². The van der Waals surface area contributed by atoms with E-state index in [2.05, 4.69) is 56.2 Å². The molecule has 3 aromatic carbocycles. The van der Waals surface area contributed by atoms with Gasteiger partial charge in [0, 0.05) is 42.7 Å². The van der Waals surface area contributed by atoms with Gasteiger partial charge in [0.05, 0.1) is 24.2 Å². The van der Waals surface area contributed by atoms with Crippen molar-refractivity contribution < 1.29 is 38.4 Å². The van der Waals surface area contributed by atoms with Gasteiger partial charge in [-0.05, 0) is 158 Å². The number of nitrogen functional groups attached to an aromatic ring is 1. The van der Waals surface area contributed by atoms with Gasteiger partial charge >= 0.3 is 0 Å². The van der Waals surface area contributed by atoms with Crippen LogP contribution in [-0.2, 0) is 41.6 Å². The molecule has 2 saturated heterocycles. The average Bonchev–Trinajstić information content (AvgIpc) is 4.16. The summed E-state index contributed by atoms with van der Waals surface area (Å²) in [5.74, 6) is -1.88. The molecule has 8 atom stereocenters. The molecular formula is C60H83N9O8. The number of carbonyl (C=O) groups excluding carboxylic acids is 8. The summed E-state index contributed by atoms with van der Waals surface area (Å²) < 4.78 is 0. The molecule has 0 radical (unpaired) electrons. The third-order valence-electron chi connectivity index (χ3n) is 16.3. The van der Waals surface area contributed by atoms with Crippen LogP contribution in [0, 0.1) is 0 Å². The number of hydrogen-bond donors (Lipinski definition) is 7. The Labute approximate surface area is 454 Å². The molecule has 2 heterocycles. The van der Waals surface area contributed by atoms with E-state index in [4.69, 9.17) is 5.73 Å². The lowest BCUT2D eigenvalue weighted by atomic mass is 9.87. The summed E-state index contributed by atoms with van der Waals surface area (Å²) in [6.07, 6.45) is 12.4. The molecule has 8 N–H and O–H groups in total. The SMILES string of the molecule is CN[C@@H](C)C(=O)N[C@@H](CCCCCC(=O)c1cc(N)cc(C(=O)CCCCC[C@H](NC(=O)[C@H](C)NC)C(=O)N2CCC[C@H]2C(=O)N[C@@H]2CCCc3ccccc32)c1)C(=O)N1CCC[C@H]1C(=O)N[C@@H]1CCCc2ccccc21. The number of nitrogens with two attached hydrogens (primary N) is 1. The van der Waals surface area contributed by atoms with Gasteiger partial charge in [-0.15, -0.1) is 0 Å². The monoisotopic (exact) mass is 1060 g/mol. The van der Waals surface area contributed by atoms with Gasteiger partial charge in [-0.25, -0.2) is 0 Å². The Morgan fingerprint density at radius 3 is 1.38 bits per heavy atom. The number of nitrogens with one attached hydrogen (secondary N) is 6. The molecule has 77 heavy (non-hydrogen) atoms. The van der Waals surface area contributed by atoms with Crippen LogP contribution in [0.3, 0.4) is 0 Å². The summed E-state index contributed by atoms with van der Waals surface area (Å²) >= 11 is 0. The van der Waals surface area contributed by atoms with Crippen molar-refractivity contribution >= 4 is 52.7 Å². The number of carbonyl (C=O) groups is 8. The van der Waals surface area contributed by atoms with Crippen molar-refractivity contribution in [3.8, 4) is 0 Å². The predicted octanol–water partition coefficient (Wildman–Crippen LogP) is 6.09. The number of aryl methyl sites for hydroxylation is 2. The molecule has 4 aliphatic rings. The van der Waals surface area contributed by atoms with E-state index >= 15 is 0 Å². The number of nitrogens with zero attached hydrogens (tertiary/aromatic N) is 2. The lowest BCUT2D eigenvalue weighted by Gasteiger charge is -2.32. The maximum atomic E-state index is 14.2. The van der Waals surface area contributed by atoms with Crippen molar-refractivity contribution in [3.05, 3.63) is 100 Å². The molecule has 0 saturated carbocycles. The number of benzene rings is 3. The van der Waals surface area contributed by atoms with Crippen molar-refractivity contribution in [1.29, 1.82) is 0 Å². The summed E-state index contributed by atoms with van der Waals surface area (Å²) in [7, 11) is 3.35. The van der Waals surface area contributed by atoms with Crippen LogP contribution in [0.4, 0.5) is 5.69 Å². The van der Waals surface area contributed by atoms with E-state index in [1.807, 2.05) is 24.3 Å². The second-order valence-corrected chi connectivity index (χ2v) is 21.7. The van der Waals surface area contributed by atoms with Crippen molar-refractivity contribution in [1.82, 2.24) is 41.7 Å². The molecule has 0 unspecified atom stereocenters. The molecule has 0 bridgehead atoms. The fourth-order valence-corrected chi connectivity index (χ4v) is 11.6. The summed E-state index contributed by atoms with van der Waals surface area (Å²) in [5, 5.41) is 18.2. The zero-order valence-corrected chi connectivity index (χ0v) is 45.8. The molecule has 416 valence electrons. The number of amides is 6. The lowest BCUT2D eigenvalue weighted by molar-refractivity contribution is -0.142. The second kappa shape index (κ2) is 28.2. The summed E-state index contributed by atoms with van der Waals surface area (Å²) in [5.41, 5.74) is 11.9. The first-order valence-electron chi connectivity index (χ1n) is 28.5. The van der Waals surface area contributed by atoms with E-state index in [0.29, 0.717) is 107 Å². The third kappa shape index (κ3) is 15.4. The minimum Gasteiger partial charge on any atom is -0.399 e. The molecule has 17 heteroatoms. The van der Waals surface area contributed by atoms with Crippen molar-refractivity contribution in [2.75, 3.05) is 32.9 Å². The van der Waals surface area contributed by atoms with E-state index in [0.717, 1.165) is 49.7 Å². The van der Waals surface area contributed by atoms with Crippen molar-refractivity contribution in [2.24, 2.45) is 0 Å². The third-order valence-corrected chi connectivity index (χ3v) is 16.3. The van der Waals surface area contributed by atoms with E-state index in [1.165, 1.54) is 11.1 Å². The molecule has 7 rings (SSSR count). The molecule has 17 nitrogen and oxygen atoms in total. The van der Waals surface area contributed by atoms with E-state index in [9.17, 15) is 38.4 Å².